The Morgan fingerprint density at radius 2 is 1.58 bits per heavy atom. The number of hydrogen-bond acceptors (Lipinski definition) is 4. The van der Waals surface area contributed by atoms with E-state index in [1.54, 1.807) is 0 Å². The fourth-order valence-electron chi connectivity index (χ4n) is 6.13. The normalized spacial score (nSPS) is 30.7. The highest BCUT2D eigenvalue weighted by atomic mass is 32.1. The smallest absolute Gasteiger partial charge is 0.348 e. The molecule has 0 aromatic carbocycles. The number of anilines is 1. The van der Waals surface area contributed by atoms with E-state index in [9.17, 15) is 19.8 Å². The Hall–Kier alpha value is -1.40. The van der Waals surface area contributed by atoms with Crippen LogP contribution >= 0.6 is 11.3 Å². The average Bonchev–Trinajstić information content (AvgIpc) is 3.21. The second-order valence-electron chi connectivity index (χ2n) is 11.7. The zero-order valence-corrected chi connectivity index (χ0v) is 21.3. The van der Waals surface area contributed by atoms with Crippen molar-refractivity contribution >= 4 is 28.9 Å². The van der Waals surface area contributed by atoms with Gasteiger partial charge in [0.05, 0.1) is 11.8 Å². The predicted octanol–water partition coefficient (Wildman–Crippen LogP) is 6.59. The number of carbonyl (C=O) groups is 2. The van der Waals surface area contributed by atoms with Crippen molar-refractivity contribution in [3.05, 3.63) is 15.8 Å². The summed E-state index contributed by atoms with van der Waals surface area (Å²) < 4.78 is 0. The number of carbonyl (C=O) groups excluding carboxylic acids is 1. The third kappa shape index (κ3) is 5.64. The van der Waals surface area contributed by atoms with Crippen molar-refractivity contribution in [2.75, 3.05) is 4.90 Å². The van der Waals surface area contributed by atoms with Gasteiger partial charge in [0.1, 0.15) is 4.88 Å². The molecule has 0 bridgehead atoms. The van der Waals surface area contributed by atoms with Crippen molar-refractivity contribution in [3.8, 4) is 0 Å². The summed E-state index contributed by atoms with van der Waals surface area (Å²) in [6, 6.07) is 2.02. The molecule has 3 aliphatic carbocycles. The van der Waals surface area contributed by atoms with E-state index in [0.717, 1.165) is 69.1 Å². The topological polar surface area (TPSA) is 77.8 Å². The molecule has 1 heterocycles. The average molecular weight is 476 g/mol. The van der Waals surface area contributed by atoms with Gasteiger partial charge in [-0.2, -0.15) is 0 Å². The number of aliphatic hydroxyl groups is 1. The summed E-state index contributed by atoms with van der Waals surface area (Å²) in [5.41, 5.74) is 0.979. The number of hydrogen-bond donors (Lipinski definition) is 2. The molecule has 0 atom stereocenters. The largest absolute Gasteiger partial charge is 0.477 e. The maximum atomic E-state index is 13.9. The number of nitrogens with zero attached hydrogens (tertiary/aromatic N) is 1. The molecule has 0 saturated heterocycles. The van der Waals surface area contributed by atoms with Gasteiger partial charge in [-0.25, -0.2) is 4.79 Å². The highest BCUT2D eigenvalue weighted by Crippen LogP contribution is 2.47. The van der Waals surface area contributed by atoms with Gasteiger partial charge in [-0.1, -0.05) is 20.8 Å². The number of aliphatic hydroxyl groups excluding tert-OH is 1. The summed E-state index contributed by atoms with van der Waals surface area (Å²) in [4.78, 5) is 29.6. The maximum Gasteiger partial charge on any atom is 0.348 e. The van der Waals surface area contributed by atoms with E-state index >= 15 is 0 Å². The van der Waals surface area contributed by atoms with Gasteiger partial charge in [0, 0.05) is 16.8 Å². The molecule has 1 aromatic rings. The van der Waals surface area contributed by atoms with Crippen LogP contribution in [0.2, 0.25) is 0 Å². The van der Waals surface area contributed by atoms with Crippen LogP contribution in [0.5, 0.6) is 0 Å². The highest BCUT2D eigenvalue weighted by Gasteiger charge is 2.38. The van der Waals surface area contributed by atoms with Gasteiger partial charge in [0.15, 0.2) is 0 Å². The fraction of sp³-hybridized carbons (Fsp3) is 0.778. The van der Waals surface area contributed by atoms with Crippen LogP contribution in [0.4, 0.5) is 5.69 Å². The van der Waals surface area contributed by atoms with Gasteiger partial charge < -0.3 is 15.1 Å². The summed E-state index contributed by atoms with van der Waals surface area (Å²) in [7, 11) is 0. The molecule has 3 saturated carbocycles. The minimum Gasteiger partial charge on any atom is -0.477 e. The predicted molar refractivity (Wildman–Crippen MR) is 133 cm³/mol. The van der Waals surface area contributed by atoms with Gasteiger partial charge in [-0.15, -0.1) is 11.3 Å². The van der Waals surface area contributed by atoms with Crippen LogP contribution < -0.4 is 4.90 Å². The monoisotopic (exact) mass is 475 g/mol. The van der Waals surface area contributed by atoms with E-state index in [1.807, 2.05) is 11.0 Å². The molecule has 3 fully saturated rings. The van der Waals surface area contributed by atoms with Gasteiger partial charge in [0.2, 0.25) is 5.91 Å². The number of rotatable bonds is 5. The molecule has 0 spiro atoms. The molecule has 6 heteroatoms. The van der Waals surface area contributed by atoms with Crippen molar-refractivity contribution in [3.63, 3.8) is 0 Å². The Morgan fingerprint density at radius 3 is 2.15 bits per heavy atom. The number of amides is 1. The van der Waals surface area contributed by atoms with Crippen LogP contribution in [-0.4, -0.2) is 34.2 Å². The van der Waals surface area contributed by atoms with E-state index in [4.69, 9.17) is 0 Å². The van der Waals surface area contributed by atoms with Gasteiger partial charge in [0.25, 0.3) is 0 Å². The number of aromatic carboxylic acids is 1. The molecule has 33 heavy (non-hydrogen) atoms. The van der Waals surface area contributed by atoms with Crippen LogP contribution in [0.3, 0.4) is 0 Å². The van der Waals surface area contributed by atoms with Gasteiger partial charge in [-0.3, -0.25) is 4.79 Å². The van der Waals surface area contributed by atoms with Crippen molar-refractivity contribution < 1.29 is 19.8 Å². The van der Waals surface area contributed by atoms with Crippen LogP contribution in [0.15, 0.2) is 6.07 Å². The Balaban J connectivity index is 1.66. The van der Waals surface area contributed by atoms with Crippen LogP contribution in [0.1, 0.15) is 118 Å². The molecule has 4 rings (SSSR count). The summed E-state index contributed by atoms with van der Waals surface area (Å²) in [5.74, 6) is 0.206. The fourth-order valence-corrected chi connectivity index (χ4v) is 7.29. The summed E-state index contributed by atoms with van der Waals surface area (Å²) in [5, 5.41) is 20.2. The highest BCUT2D eigenvalue weighted by molar-refractivity contribution is 7.14. The Kier molecular flexibility index (Phi) is 7.54. The molecular formula is C27H41NO4S. The van der Waals surface area contributed by atoms with Gasteiger partial charge >= 0.3 is 5.97 Å². The third-order valence-corrected chi connectivity index (χ3v) is 9.84. The van der Waals surface area contributed by atoms with Crippen LogP contribution in [0, 0.1) is 17.3 Å². The summed E-state index contributed by atoms with van der Waals surface area (Å²) in [6.07, 6.45) is 10.9. The van der Waals surface area contributed by atoms with Crippen molar-refractivity contribution in [1.82, 2.24) is 0 Å². The molecule has 5 nitrogen and oxygen atoms in total. The minimum absolute atomic E-state index is 0.0199. The molecule has 1 amide bonds. The quantitative estimate of drug-likeness (QED) is 0.503. The second kappa shape index (κ2) is 10.1. The van der Waals surface area contributed by atoms with E-state index < -0.39 is 5.97 Å². The summed E-state index contributed by atoms with van der Waals surface area (Å²) in [6.45, 7) is 6.88. The first-order chi connectivity index (χ1) is 15.6. The lowest BCUT2D eigenvalue weighted by Gasteiger charge is -2.39. The Bertz CT molecular complexity index is 836. The molecule has 0 aliphatic heterocycles. The third-order valence-electron chi connectivity index (χ3n) is 8.56. The second-order valence-corrected chi connectivity index (χ2v) is 12.8. The number of thiophene rings is 1. The maximum absolute atomic E-state index is 13.9. The zero-order chi connectivity index (χ0) is 23.8. The zero-order valence-electron chi connectivity index (χ0n) is 20.5. The lowest BCUT2D eigenvalue weighted by molar-refractivity contribution is -0.124. The van der Waals surface area contributed by atoms with E-state index in [-0.39, 0.29) is 24.0 Å². The standard InChI is InChI=1S/C27H41NO4S/c1-17-4-6-19(7-5-17)25(30)28(20-8-10-21(29)11-9-20)22-16-23(33-24(22)26(31)32)18-12-14-27(2,3)15-13-18/h16-21,29H,4-15H2,1-3H3,(H,31,32). The van der Waals surface area contributed by atoms with E-state index in [1.165, 1.54) is 11.3 Å². The first kappa shape index (κ1) is 24.7. The lowest BCUT2D eigenvalue weighted by atomic mass is 9.73. The first-order valence-electron chi connectivity index (χ1n) is 13.0. The first-order valence-corrected chi connectivity index (χ1v) is 13.8. The Labute approximate surface area is 202 Å². The van der Waals surface area contributed by atoms with Crippen molar-refractivity contribution in [1.29, 1.82) is 0 Å². The van der Waals surface area contributed by atoms with Crippen LogP contribution in [0.25, 0.3) is 0 Å². The van der Waals surface area contributed by atoms with E-state index in [0.29, 0.717) is 40.7 Å². The Morgan fingerprint density at radius 1 is 0.970 bits per heavy atom. The molecule has 0 radical (unpaired) electrons. The lowest BCUT2D eigenvalue weighted by Crippen LogP contribution is -2.47. The summed E-state index contributed by atoms with van der Waals surface area (Å²) >= 11 is 1.39. The molecule has 3 aliphatic rings. The molecule has 2 N–H and O–H groups in total. The molecule has 0 unspecified atom stereocenters. The molecule has 184 valence electrons. The molecular weight excluding hydrogens is 434 g/mol. The molecule has 1 aromatic heterocycles. The minimum atomic E-state index is -0.928. The van der Waals surface area contributed by atoms with Crippen molar-refractivity contribution in [2.45, 2.75) is 116 Å². The van der Waals surface area contributed by atoms with Gasteiger partial charge in [-0.05, 0) is 100 Å². The van der Waals surface area contributed by atoms with Crippen molar-refractivity contribution in [2.24, 2.45) is 17.3 Å². The van der Waals surface area contributed by atoms with E-state index in [2.05, 4.69) is 20.8 Å². The number of carboxylic acid groups (broad SMARTS) is 1. The SMILES string of the molecule is CC1CCC(C(=O)N(c2cc(C3CCC(C)(C)CC3)sc2C(=O)O)C2CCC(O)CC2)CC1. The van der Waals surface area contributed by atoms with Crippen LogP contribution in [-0.2, 0) is 4.79 Å². The number of carboxylic acids is 1.